The molecular formula is C15H34N4+2. The van der Waals surface area contributed by atoms with Gasteiger partial charge in [0.05, 0.1) is 53.4 Å². The van der Waals surface area contributed by atoms with Gasteiger partial charge in [-0.15, -0.1) is 0 Å². The summed E-state index contributed by atoms with van der Waals surface area (Å²) in [5.41, 5.74) is 0. The van der Waals surface area contributed by atoms with Crippen LogP contribution in [0, 0.1) is 0 Å². The molecule has 2 fully saturated rings. The molecule has 0 aromatic heterocycles. The van der Waals surface area contributed by atoms with Crippen LogP contribution in [0.1, 0.15) is 19.3 Å². The Morgan fingerprint density at radius 2 is 1.00 bits per heavy atom. The smallest absolute Gasteiger partial charge is 0.0911 e. The van der Waals surface area contributed by atoms with Crippen LogP contribution in [0.5, 0.6) is 0 Å². The quantitative estimate of drug-likeness (QED) is 0.534. The molecule has 0 radical (unpaired) electrons. The van der Waals surface area contributed by atoms with Gasteiger partial charge in [0.1, 0.15) is 0 Å². The lowest BCUT2D eigenvalue weighted by Crippen LogP contribution is -2.56. The minimum absolute atomic E-state index is 1.21. The average Bonchev–Trinajstić information content (AvgIpc) is 2.40. The number of quaternary nitrogens is 2. The minimum Gasteiger partial charge on any atom is -0.324 e. The van der Waals surface area contributed by atoms with Gasteiger partial charge in [0.25, 0.3) is 0 Å². The standard InChI is InChI=1S/C15H34N4/c1-18(12-6-16-7-13-18)10-4-3-5-11-19(2)14-8-17-9-15-19/h16-17H,3-15H2,1-2H3/q+2. The summed E-state index contributed by atoms with van der Waals surface area (Å²) >= 11 is 0. The molecule has 2 aliphatic heterocycles. The number of unbranched alkanes of at least 4 members (excludes halogenated alkanes) is 2. The van der Waals surface area contributed by atoms with E-state index in [0.717, 1.165) is 0 Å². The van der Waals surface area contributed by atoms with Crippen LogP contribution in [0.2, 0.25) is 0 Å². The van der Waals surface area contributed by atoms with Gasteiger partial charge in [0.15, 0.2) is 0 Å². The molecule has 2 saturated heterocycles. The number of nitrogens with one attached hydrogen (secondary N) is 2. The Morgan fingerprint density at radius 3 is 1.37 bits per heavy atom. The molecule has 2 heterocycles. The van der Waals surface area contributed by atoms with Gasteiger partial charge >= 0.3 is 0 Å². The maximum atomic E-state index is 3.47. The van der Waals surface area contributed by atoms with E-state index in [4.69, 9.17) is 0 Å². The first-order chi connectivity index (χ1) is 9.12. The van der Waals surface area contributed by atoms with E-state index in [-0.39, 0.29) is 0 Å². The molecule has 19 heavy (non-hydrogen) atoms. The highest BCUT2D eigenvalue weighted by Crippen LogP contribution is 2.11. The number of likely N-dealkylation sites (N-methyl/N-ethyl adjacent to an activating group) is 2. The number of nitrogens with zero attached hydrogens (tertiary/aromatic N) is 2. The van der Waals surface area contributed by atoms with Crippen molar-refractivity contribution < 1.29 is 8.97 Å². The van der Waals surface area contributed by atoms with Crippen molar-refractivity contribution in [3.63, 3.8) is 0 Å². The highest BCUT2D eigenvalue weighted by Gasteiger charge is 2.25. The maximum Gasteiger partial charge on any atom is 0.0911 e. The van der Waals surface area contributed by atoms with Crippen LogP contribution < -0.4 is 10.6 Å². The number of piperazine rings is 2. The summed E-state index contributed by atoms with van der Waals surface area (Å²) in [5.74, 6) is 0. The Bertz CT molecular complexity index is 229. The molecule has 0 amide bonds. The second-order valence-electron chi connectivity index (χ2n) is 7.14. The largest absolute Gasteiger partial charge is 0.324 e. The maximum absolute atomic E-state index is 3.47. The zero-order valence-electron chi connectivity index (χ0n) is 13.1. The molecule has 112 valence electrons. The number of rotatable bonds is 6. The Morgan fingerprint density at radius 1 is 0.632 bits per heavy atom. The highest BCUT2D eigenvalue weighted by atomic mass is 15.4. The van der Waals surface area contributed by atoms with E-state index in [0.29, 0.717) is 0 Å². The predicted octanol–water partition coefficient (Wildman–Crippen LogP) is 0.256. The number of hydrogen-bond acceptors (Lipinski definition) is 2. The van der Waals surface area contributed by atoms with Crippen molar-refractivity contribution in [1.29, 1.82) is 0 Å². The summed E-state index contributed by atoms with van der Waals surface area (Å²) in [6.45, 7) is 12.9. The van der Waals surface area contributed by atoms with Crippen LogP contribution in [-0.4, -0.2) is 88.5 Å². The van der Waals surface area contributed by atoms with Crippen LogP contribution in [0.25, 0.3) is 0 Å². The van der Waals surface area contributed by atoms with E-state index < -0.39 is 0 Å². The molecule has 2 aliphatic rings. The van der Waals surface area contributed by atoms with Gasteiger partial charge in [-0.2, -0.15) is 0 Å². The lowest BCUT2D eigenvalue weighted by Gasteiger charge is -2.39. The van der Waals surface area contributed by atoms with Crippen molar-refractivity contribution in [2.24, 2.45) is 0 Å². The third-order valence-corrected chi connectivity index (χ3v) is 5.21. The summed E-state index contributed by atoms with van der Waals surface area (Å²) in [5, 5.41) is 6.93. The molecule has 0 unspecified atom stereocenters. The Labute approximate surface area is 119 Å². The van der Waals surface area contributed by atoms with Gasteiger partial charge in [0.2, 0.25) is 0 Å². The molecule has 0 spiro atoms. The molecule has 2 N–H and O–H groups in total. The van der Waals surface area contributed by atoms with Crippen molar-refractivity contribution >= 4 is 0 Å². The van der Waals surface area contributed by atoms with E-state index in [1.54, 1.807) is 0 Å². The third kappa shape index (κ3) is 5.03. The van der Waals surface area contributed by atoms with Crippen molar-refractivity contribution in [2.75, 3.05) is 79.5 Å². The monoisotopic (exact) mass is 270 g/mol. The van der Waals surface area contributed by atoms with Gasteiger partial charge in [-0.3, -0.25) is 0 Å². The second kappa shape index (κ2) is 7.02. The fourth-order valence-corrected chi connectivity index (χ4v) is 3.48. The SMILES string of the molecule is C[N+]1(CCCCC[N+]2(C)CCNCC2)CCNCC1. The lowest BCUT2D eigenvalue weighted by atomic mass is 10.1. The fraction of sp³-hybridized carbons (Fsp3) is 1.00. The molecule has 4 nitrogen and oxygen atoms in total. The second-order valence-corrected chi connectivity index (χ2v) is 7.14. The number of hydrogen-bond donors (Lipinski definition) is 2. The average molecular weight is 270 g/mol. The van der Waals surface area contributed by atoms with Gasteiger partial charge in [-0.1, -0.05) is 0 Å². The first kappa shape index (κ1) is 15.2. The van der Waals surface area contributed by atoms with E-state index in [1.807, 2.05) is 0 Å². The Kier molecular flexibility index (Phi) is 5.63. The van der Waals surface area contributed by atoms with Gasteiger partial charge in [-0.25, -0.2) is 0 Å². The van der Waals surface area contributed by atoms with E-state index in [1.165, 1.54) is 93.7 Å². The zero-order valence-corrected chi connectivity index (χ0v) is 13.1. The van der Waals surface area contributed by atoms with Crippen molar-refractivity contribution in [1.82, 2.24) is 10.6 Å². The van der Waals surface area contributed by atoms with E-state index >= 15 is 0 Å². The van der Waals surface area contributed by atoms with E-state index in [9.17, 15) is 0 Å². The van der Waals surface area contributed by atoms with Crippen LogP contribution in [0.15, 0.2) is 0 Å². The molecular weight excluding hydrogens is 236 g/mol. The molecule has 4 heteroatoms. The van der Waals surface area contributed by atoms with Crippen LogP contribution in [0.4, 0.5) is 0 Å². The van der Waals surface area contributed by atoms with Gasteiger partial charge < -0.3 is 19.6 Å². The van der Waals surface area contributed by atoms with Crippen LogP contribution >= 0.6 is 0 Å². The van der Waals surface area contributed by atoms with E-state index in [2.05, 4.69) is 24.7 Å². The summed E-state index contributed by atoms with van der Waals surface area (Å²) in [7, 11) is 4.87. The molecule has 0 saturated carbocycles. The minimum atomic E-state index is 1.21. The zero-order chi connectivity index (χ0) is 13.6. The van der Waals surface area contributed by atoms with Crippen LogP contribution in [-0.2, 0) is 0 Å². The summed E-state index contributed by atoms with van der Waals surface area (Å²) in [6.07, 6.45) is 4.24. The summed E-state index contributed by atoms with van der Waals surface area (Å²) in [4.78, 5) is 0. The summed E-state index contributed by atoms with van der Waals surface area (Å²) < 4.78 is 2.59. The normalized spacial score (nSPS) is 26.2. The Balaban J connectivity index is 1.56. The Hall–Kier alpha value is -0.160. The molecule has 0 aromatic rings. The molecule has 0 aliphatic carbocycles. The molecule has 0 aromatic carbocycles. The van der Waals surface area contributed by atoms with Crippen molar-refractivity contribution in [2.45, 2.75) is 19.3 Å². The van der Waals surface area contributed by atoms with Gasteiger partial charge in [-0.05, 0) is 19.3 Å². The lowest BCUT2D eigenvalue weighted by molar-refractivity contribution is -0.913. The first-order valence-corrected chi connectivity index (χ1v) is 8.21. The third-order valence-electron chi connectivity index (χ3n) is 5.21. The fourth-order valence-electron chi connectivity index (χ4n) is 3.48. The summed E-state index contributed by atoms with van der Waals surface area (Å²) in [6, 6.07) is 0. The van der Waals surface area contributed by atoms with Crippen molar-refractivity contribution in [3.8, 4) is 0 Å². The van der Waals surface area contributed by atoms with Crippen molar-refractivity contribution in [3.05, 3.63) is 0 Å². The first-order valence-electron chi connectivity index (χ1n) is 8.21. The predicted molar refractivity (Wildman–Crippen MR) is 81.2 cm³/mol. The van der Waals surface area contributed by atoms with Crippen LogP contribution in [0.3, 0.4) is 0 Å². The molecule has 0 bridgehead atoms. The highest BCUT2D eigenvalue weighted by molar-refractivity contribution is 4.57. The van der Waals surface area contributed by atoms with Gasteiger partial charge in [0, 0.05) is 26.2 Å². The molecule has 2 rings (SSSR count). The molecule has 0 atom stereocenters. The topological polar surface area (TPSA) is 24.1 Å².